The molecule has 0 bridgehead atoms. The topological polar surface area (TPSA) is 106 Å². The third kappa shape index (κ3) is 3.78. The molecule has 0 fully saturated rings. The highest BCUT2D eigenvalue weighted by Gasteiger charge is 2.20. The quantitative estimate of drug-likeness (QED) is 0.357. The zero-order chi connectivity index (χ0) is 23.0. The summed E-state index contributed by atoms with van der Waals surface area (Å²) in [4.78, 5) is 29.9. The number of rotatable bonds is 5. The summed E-state index contributed by atoms with van der Waals surface area (Å²) < 4.78 is 4.02. The second kappa shape index (κ2) is 8.35. The summed E-state index contributed by atoms with van der Waals surface area (Å²) in [6.07, 6.45) is 0. The molecule has 0 saturated carbocycles. The number of benzene rings is 2. The van der Waals surface area contributed by atoms with Gasteiger partial charge in [-0.3, -0.25) is 18.5 Å². The summed E-state index contributed by atoms with van der Waals surface area (Å²) >= 11 is 6.35. The molecule has 2 N–H and O–H groups in total. The fourth-order valence-electron chi connectivity index (χ4n) is 3.38. The Kier molecular flexibility index (Phi) is 5.58. The van der Waals surface area contributed by atoms with Crippen molar-refractivity contribution in [2.75, 3.05) is 5.43 Å². The number of halogens is 1. The van der Waals surface area contributed by atoms with Crippen molar-refractivity contribution < 1.29 is 5.11 Å². The maximum atomic E-state index is 13.0. The number of hydrogen-bond acceptors (Lipinski definition) is 6. The van der Waals surface area contributed by atoms with Crippen LogP contribution in [-0.2, 0) is 20.6 Å². The third-order valence-electron chi connectivity index (χ3n) is 5.24. The van der Waals surface area contributed by atoms with Gasteiger partial charge in [-0.05, 0) is 48.4 Å². The summed E-state index contributed by atoms with van der Waals surface area (Å²) in [6.45, 7) is 2.05. The molecule has 0 radical (unpaired) electrons. The lowest BCUT2D eigenvalue weighted by Crippen LogP contribution is -2.37. The third-order valence-corrected chi connectivity index (χ3v) is 5.61. The average Bonchev–Trinajstić information content (AvgIpc) is 3.15. The number of fused-ring (bicyclic) bond motifs is 1. The summed E-state index contributed by atoms with van der Waals surface area (Å²) in [5.74, 6) is 0.448. The van der Waals surface area contributed by atoms with Gasteiger partial charge in [0.2, 0.25) is 5.95 Å². The minimum absolute atomic E-state index is 0.160. The van der Waals surface area contributed by atoms with Crippen LogP contribution in [0.5, 0.6) is 5.75 Å². The zero-order valence-corrected chi connectivity index (χ0v) is 18.5. The molecule has 0 aliphatic carbocycles. The molecule has 4 aromatic rings. The Hall–Kier alpha value is -3.85. The van der Waals surface area contributed by atoms with Gasteiger partial charge < -0.3 is 5.11 Å². The second-order valence-corrected chi connectivity index (χ2v) is 7.75. The molecule has 0 spiro atoms. The standard InChI is InChI=1S/C22H21ClN6O3/c1-13(14-8-10-16(30)11-9-14)25-26-21-24-19-18(20(31)28(3)22(32)27(19)2)29(21)12-15-6-4-5-7-17(15)23/h4-11,30H,12H2,1-3H3,(H,24,26)/b25-13+. The molecule has 0 aliphatic heterocycles. The van der Waals surface area contributed by atoms with E-state index in [1.54, 1.807) is 48.9 Å². The monoisotopic (exact) mass is 452 g/mol. The highest BCUT2D eigenvalue weighted by molar-refractivity contribution is 6.31. The first kappa shape index (κ1) is 21.4. The second-order valence-electron chi connectivity index (χ2n) is 7.35. The fourth-order valence-corrected chi connectivity index (χ4v) is 3.58. The van der Waals surface area contributed by atoms with Gasteiger partial charge in [-0.25, -0.2) is 10.2 Å². The van der Waals surface area contributed by atoms with E-state index in [1.807, 2.05) is 18.2 Å². The molecule has 0 aliphatic rings. The molecule has 2 aromatic heterocycles. The number of hydrogen-bond donors (Lipinski definition) is 2. The van der Waals surface area contributed by atoms with Gasteiger partial charge in [0.1, 0.15) is 5.75 Å². The number of nitrogens with zero attached hydrogens (tertiary/aromatic N) is 5. The Balaban J connectivity index is 1.86. The van der Waals surface area contributed by atoms with Gasteiger partial charge in [0.15, 0.2) is 11.2 Å². The van der Waals surface area contributed by atoms with Crippen molar-refractivity contribution in [2.24, 2.45) is 19.2 Å². The smallest absolute Gasteiger partial charge is 0.332 e. The molecule has 0 atom stereocenters. The van der Waals surface area contributed by atoms with Crippen LogP contribution in [0.3, 0.4) is 0 Å². The normalized spacial score (nSPS) is 11.8. The van der Waals surface area contributed by atoms with Gasteiger partial charge in [-0.2, -0.15) is 10.1 Å². The van der Waals surface area contributed by atoms with Crippen LogP contribution in [-0.4, -0.2) is 29.5 Å². The van der Waals surface area contributed by atoms with E-state index in [9.17, 15) is 14.7 Å². The summed E-state index contributed by atoms with van der Waals surface area (Å²) in [7, 11) is 2.99. The Bertz CT molecular complexity index is 1460. The SMILES string of the molecule is C/C(=N\Nc1nc2c(c(=O)n(C)c(=O)n2C)n1Cc1ccccc1Cl)c1ccc(O)cc1. The van der Waals surface area contributed by atoms with Crippen LogP contribution in [0.1, 0.15) is 18.1 Å². The van der Waals surface area contributed by atoms with Gasteiger partial charge in [0.25, 0.3) is 5.56 Å². The van der Waals surface area contributed by atoms with Gasteiger partial charge in [-0.15, -0.1) is 0 Å². The fraction of sp³-hybridized carbons (Fsp3) is 0.182. The van der Waals surface area contributed by atoms with E-state index in [1.165, 1.54) is 11.6 Å². The summed E-state index contributed by atoms with van der Waals surface area (Å²) in [6, 6.07) is 13.9. The average molecular weight is 453 g/mol. The molecule has 10 heteroatoms. The molecule has 4 rings (SSSR count). The van der Waals surface area contributed by atoms with Crippen molar-refractivity contribution >= 4 is 34.4 Å². The molecule has 0 unspecified atom stereocenters. The van der Waals surface area contributed by atoms with Gasteiger partial charge >= 0.3 is 5.69 Å². The Labute approximate surface area is 187 Å². The highest BCUT2D eigenvalue weighted by atomic mass is 35.5. The number of aromatic nitrogens is 4. The highest BCUT2D eigenvalue weighted by Crippen LogP contribution is 2.22. The van der Waals surface area contributed by atoms with E-state index in [2.05, 4.69) is 15.5 Å². The van der Waals surface area contributed by atoms with E-state index < -0.39 is 11.2 Å². The number of nitrogens with one attached hydrogen (secondary N) is 1. The minimum Gasteiger partial charge on any atom is -0.508 e. The number of hydrazone groups is 1. The lowest BCUT2D eigenvalue weighted by atomic mass is 10.1. The lowest BCUT2D eigenvalue weighted by molar-refractivity contribution is 0.475. The van der Waals surface area contributed by atoms with E-state index in [-0.39, 0.29) is 29.4 Å². The van der Waals surface area contributed by atoms with Crippen molar-refractivity contribution in [3.8, 4) is 5.75 Å². The maximum absolute atomic E-state index is 13.0. The first-order chi connectivity index (χ1) is 15.3. The van der Waals surface area contributed by atoms with Crippen LogP contribution in [0.4, 0.5) is 5.95 Å². The lowest BCUT2D eigenvalue weighted by Gasteiger charge is -2.11. The Morgan fingerprint density at radius 1 is 1.09 bits per heavy atom. The molecule has 2 aromatic carbocycles. The van der Waals surface area contributed by atoms with Crippen LogP contribution in [0.2, 0.25) is 5.02 Å². The van der Waals surface area contributed by atoms with Crippen LogP contribution in [0.25, 0.3) is 11.2 Å². The molecule has 9 nitrogen and oxygen atoms in total. The number of aromatic hydroxyl groups is 1. The Morgan fingerprint density at radius 3 is 2.47 bits per heavy atom. The minimum atomic E-state index is -0.472. The van der Waals surface area contributed by atoms with Gasteiger partial charge in [-0.1, -0.05) is 29.8 Å². The zero-order valence-electron chi connectivity index (χ0n) is 17.7. The summed E-state index contributed by atoms with van der Waals surface area (Å²) in [5, 5.41) is 14.4. The molecule has 164 valence electrons. The van der Waals surface area contributed by atoms with Crippen LogP contribution >= 0.6 is 11.6 Å². The molecular weight excluding hydrogens is 432 g/mol. The van der Waals surface area contributed by atoms with Crippen molar-refractivity contribution in [3.63, 3.8) is 0 Å². The number of anilines is 1. The van der Waals surface area contributed by atoms with Crippen molar-refractivity contribution in [2.45, 2.75) is 13.5 Å². The van der Waals surface area contributed by atoms with Crippen LogP contribution in [0, 0.1) is 0 Å². The number of aryl methyl sites for hydroxylation is 1. The first-order valence-electron chi connectivity index (χ1n) is 9.77. The molecule has 2 heterocycles. The number of phenols is 1. The van der Waals surface area contributed by atoms with Crippen molar-refractivity contribution in [3.05, 3.63) is 85.5 Å². The number of imidazole rings is 1. The number of phenolic OH excluding ortho intramolecular Hbond substituents is 1. The van der Waals surface area contributed by atoms with E-state index in [0.29, 0.717) is 10.7 Å². The predicted octanol–water partition coefficient (Wildman–Crippen LogP) is 2.68. The molecule has 0 saturated heterocycles. The first-order valence-corrected chi connectivity index (χ1v) is 10.1. The van der Waals surface area contributed by atoms with E-state index in [0.717, 1.165) is 15.7 Å². The van der Waals surface area contributed by atoms with Crippen molar-refractivity contribution in [1.29, 1.82) is 0 Å². The van der Waals surface area contributed by atoms with Crippen molar-refractivity contribution in [1.82, 2.24) is 18.7 Å². The molecule has 0 amide bonds. The Morgan fingerprint density at radius 2 is 1.78 bits per heavy atom. The molecular formula is C22H21ClN6O3. The van der Waals surface area contributed by atoms with Gasteiger partial charge in [0, 0.05) is 19.1 Å². The van der Waals surface area contributed by atoms with E-state index >= 15 is 0 Å². The maximum Gasteiger partial charge on any atom is 0.332 e. The van der Waals surface area contributed by atoms with E-state index in [4.69, 9.17) is 11.6 Å². The largest absolute Gasteiger partial charge is 0.508 e. The summed E-state index contributed by atoms with van der Waals surface area (Å²) in [5.41, 5.74) is 4.71. The van der Waals surface area contributed by atoms with Crippen LogP contribution in [0.15, 0.2) is 63.2 Å². The molecule has 32 heavy (non-hydrogen) atoms. The predicted molar refractivity (Wildman–Crippen MR) is 125 cm³/mol. The van der Waals surface area contributed by atoms with Gasteiger partial charge in [0.05, 0.1) is 12.3 Å². The van der Waals surface area contributed by atoms with Crippen LogP contribution < -0.4 is 16.7 Å².